The summed E-state index contributed by atoms with van der Waals surface area (Å²) in [5.41, 5.74) is 1.24. The van der Waals surface area contributed by atoms with E-state index >= 15 is 0 Å². The van der Waals surface area contributed by atoms with Gasteiger partial charge < -0.3 is 9.84 Å². The maximum absolute atomic E-state index is 12.8. The molecule has 2 aromatic rings. The highest BCUT2D eigenvalue weighted by atomic mass is 35.5. The summed E-state index contributed by atoms with van der Waals surface area (Å²) in [6, 6.07) is 10.7. The van der Waals surface area contributed by atoms with Gasteiger partial charge in [-0.25, -0.2) is 4.39 Å². The van der Waals surface area contributed by atoms with Gasteiger partial charge in [-0.15, -0.1) is 0 Å². The van der Waals surface area contributed by atoms with Crippen molar-refractivity contribution in [3.8, 4) is 5.75 Å². The standard InChI is InChI=1S/C14H12ClFO2/c1-18-13-7-4-10(8-12(13)15)14(17)9-2-5-11(16)6-3-9/h2-8,14,17H,1H3. The van der Waals surface area contributed by atoms with Crippen molar-refractivity contribution in [3.63, 3.8) is 0 Å². The molecule has 0 bridgehead atoms. The van der Waals surface area contributed by atoms with Crippen LogP contribution in [0.1, 0.15) is 17.2 Å². The Labute approximate surface area is 110 Å². The van der Waals surface area contributed by atoms with E-state index in [2.05, 4.69) is 0 Å². The Morgan fingerprint density at radius 2 is 1.72 bits per heavy atom. The molecule has 0 saturated carbocycles. The number of methoxy groups -OCH3 is 1. The van der Waals surface area contributed by atoms with Gasteiger partial charge in [0, 0.05) is 0 Å². The minimum absolute atomic E-state index is 0.335. The quantitative estimate of drug-likeness (QED) is 0.920. The molecule has 1 atom stereocenters. The summed E-state index contributed by atoms with van der Waals surface area (Å²) in [4.78, 5) is 0. The van der Waals surface area contributed by atoms with E-state index in [1.165, 1.54) is 31.4 Å². The zero-order valence-corrected chi connectivity index (χ0v) is 10.5. The molecule has 2 rings (SSSR count). The molecular weight excluding hydrogens is 255 g/mol. The van der Waals surface area contributed by atoms with Crippen LogP contribution in [0.5, 0.6) is 5.75 Å². The molecule has 0 radical (unpaired) electrons. The molecule has 18 heavy (non-hydrogen) atoms. The molecule has 1 unspecified atom stereocenters. The van der Waals surface area contributed by atoms with E-state index in [0.717, 1.165) is 0 Å². The lowest BCUT2D eigenvalue weighted by molar-refractivity contribution is 0.220. The summed E-state index contributed by atoms with van der Waals surface area (Å²) < 4.78 is 17.8. The molecule has 0 spiro atoms. The van der Waals surface area contributed by atoms with E-state index in [-0.39, 0.29) is 5.82 Å². The van der Waals surface area contributed by atoms with Crippen molar-refractivity contribution in [2.75, 3.05) is 7.11 Å². The Morgan fingerprint density at radius 3 is 2.28 bits per heavy atom. The molecule has 0 saturated heterocycles. The Balaban J connectivity index is 2.31. The van der Waals surface area contributed by atoms with Crippen molar-refractivity contribution in [2.24, 2.45) is 0 Å². The van der Waals surface area contributed by atoms with Gasteiger partial charge in [0.2, 0.25) is 0 Å². The third kappa shape index (κ3) is 2.63. The molecule has 0 amide bonds. The predicted octanol–water partition coefficient (Wildman–Crippen LogP) is 3.57. The maximum Gasteiger partial charge on any atom is 0.137 e. The van der Waals surface area contributed by atoms with Crippen LogP contribution in [-0.4, -0.2) is 12.2 Å². The van der Waals surface area contributed by atoms with E-state index in [4.69, 9.17) is 16.3 Å². The van der Waals surface area contributed by atoms with Crippen LogP contribution in [-0.2, 0) is 0 Å². The number of aliphatic hydroxyl groups is 1. The molecule has 4 heteroatoms. The highest BCUT2D eigenvalue weighted by Gasteiger charge is 2.12. The monoisotopic (exact) mass is 266 g/mol. The van der Waals surface area contributed by atoms with Crippen molar-refractivity contribution in [1.82, 2.24) is 0 Å². The van der Waals surface area contributed by atoms with Crippen molar-refractivity contribution >= 4 is 11.6 Å². The SMILES string of the molecule is COc1ccc(C(O)c2ccc(F)cc2)cc1Cl. The van der Waals surface area contributed by atoms with E-state index in [1.807, 2.05) is 0 Å². The number of hydrogen-bond acceptors (Lipinski definition) is 2. The molecule has 94 valence electrons. The average molecular weight is 267 g/mol. The molecule has 0 aliphatic heterocycles. The Kier molecular flexibility index (Phi) is 3.84. The Morgan fingerprint density at radius 1 is 1.11 bits per heavy atom. The van der Waals surface area contributed by atoms with Crippen LogP contribution in [0.3, 0.4) is 0 Å². The second kappa shape index (κ2) is 5.38. The highest BCUT2D eigenvalue weighted by Crippen LogP contribution is 2.30. The van der Waals surface area contributed by atoms with Crippen LogP contribution in [0, 0.1) is 5.82 Å². The number of aliphatic hydroxyl groups excluding tert-OH is 1. The number of hydrogen-bond donors (Lipinski definition) is 1. The lowest BCUT2D eigenvalue weighted by atomic mass is 10.0. The summed E-state index contributed by atoms with van der Waals surface area (Å²) in [7, 11) is 1.53. The van der Waals surface area contributed by atoms with Gasteiger partial charge in [-0.1, -0.05) is 29.8 Å². The van der Waals surface area contributed by atoms with Gasteiger partial charge in [-0.05, 0) is 35.4 Å². The largest absolute Gasteiger partial charge is 0.495 e. The first kappa shape index (κ1) is 12.9. The van der Waals surface area contributed by atoms with Crippen LogP contribution in [0.4, 0.5) is 4.39 Å². The summed E-state index contributed by atoms with van der Waals surface area (Å²) in [5.74, 6) is 0.213. The fourth-order valence-electron chi connectivity index (χ4n) is 1.69. The molecule has 2 aromatic carbocycles. The molecule has 0 aliphatic rings. The van der Waals surface area contributed by atoms with Gasteiger partial charge in [0.05, 0.1) is 12.1 Å². The van der Waals surface area contributed by atoms with Gasteiger partial charge >= 0.3 is 0 Å². The lowest BCUT2D eigenvalue weighted by Gasteiger charge is -2.13. The number of benzene rings is 2. The third-order valence-electron chi connectivity index (χ3n) is 2.68. The van der Waals surface area contributed by atoms with Crippen LogP contribution in [0.25, 0.3) is 0 Å². The smallest absolute Gasteiger partial charge is 0.137 e. The van der Waals surface area contributed by atoms with Crippen molar-refractivity contribution in [3.05, 3.63) is 64.4 Å². The molecule has 1 N–H and O–H groups in total. The van der Waals surface area contributed by atoms with Gasteiger partial charge in [-0.2, -0.15) is 0 Å². The van der Waals surface area contributed by atoms with Crippen LogP contribution in [0.2, 0.25) is 5.02 Å². The zero-order valence-electron chi connectivity index (χ0n) is 9.73. The number of rotatable bonds is 3. The maximum atomic E-state index is 12.8. The van der Waals surface area contributed by atoms with E-state index in [9.17, 15) is 9.50 Å². The summed E-state index contributed by atoms with van der Waals surface area (Å²) in [6.07, 6.45) is -0.839. The van der Waals surface area contributed by atoms with Crippen molar-refractivity contribution < 1.29 is 14.2 Å². The molecule has 0 heterocycles. The Hall–Kier alpha value is -1.58. The fourth-order valence-corrected chi connectivity index (χ4v) is 1.96. The first-order chi connectivity index (χ1) is 8.61. The van der Waals surface area contributed by atoms with E-state index in [1.54, 1.807) is 18.2 Å². The zero-order chi connectivity index (χ0) is 13.1. The minimum Gasteiger partial charge on any atom is -0.495 e. The van der Waals surface area contributed by atoms with Crippen LogP contribution in [0.15, 0.2) is 42.5 Å². The summed E-state index contributed by atoms with van der Waals surface area (Å²) >= 11 is 5.99. The summed E-state index contributed by atoms with van der Waals surface area (Å²) in [6.45, 7) is 0. The first-order valence-corrected chi connectivity index (χ1v) is 5.76. The minimum atomic E-state index is -0.839. The van der Waals surface area contributed by atoms with Crippen LogP contribution >= 0.6 is 11.6 Å². The van der Waals surface area contributed by atoms with E-state index < -0.39 is 6.10 Å². The van der Waals surface area contributed by atoms with Crippen molar-refractivity contribution in [2.45, 2.75) is 6.10 Å². The lowest BCUT2D eigenvalue weighted by Crippen LogP contribution is -2.00. The average Bonchev–Trinajstić information content (AvgIpc) is 2.38. The Bertz CT molecular complexity index is 540. The second-order valence-electron chi connectivity index (χ2n) is 3.85. The topological polar surface area (TPSA) is 29.5 Å². The normalized spacial score (nSPS) is 12.2. The highest BCUT2D eigenvalue weighted by molar-refractivity contribution is 6.32. The van der Waals surface area contributed by atoms with Gasteiger partial charge in [-0.3, -0.25) is 0 Å². The number of ether oxygens (including phenoxy) is 1. The van der Waals surface area contributed by atoms with E-state index in [0.29, 0.717) is 21.9 Å². The number of halogens is 2. The molecule has 0 aliphatic carbocycles. The van der Waals surface area contributed by atoms with Gasteiger partial charge in [0.25, 0.3) is 0 Å². The predicted molar refractivity (Wildman–Crippen MR) is 68.5 cm³/mol. The molecule has 2 nitrogen and oxygen atoms in total. The van der Waals surface area contributed by atoms with Crippen LogP contribution < -0.4 is 4.74 Å². The van der Waals surface area contributed by atoms with Gasteiger partial charge in [0.15, 0.2) is 0 Å². The third-order valence-corrected chi connectivity index (χ3v) is 2.97. The fraction of sp³-hybridized carbons (Fsp3) is 0.143. The molecule has 0 aromatic heterocycles. The van der Waals surface area contributed by atoms with Gasteiger partial charge in [0.1, 0.15) is 17.7 Å². The first-order valence-electron chi connectivity index (χ1n) is 5.39. The molecular formula is C14H12ClFO2. The molecule has 0 fully saturated rings. The summed E-state index contributed by atoms with van der Waals surface area (Å²) in [5, 5.41) is 10.6. The van der Waals surface area contributed by atoms with Crippen molar-refractivity contribution in [1.29, 1.82) is 0 Å². The second-order valence-corrected chi connectivity index (χ2v) is 4.26.